The second kappa shape index (κ2) is 8.94. The van der Waals surface area contributed by atoms with Gasteiger partial charge < -0.3 is 4.74 Å². The summed E-state index contributed by atoms with van der Waals surface area (Å²) in [4.78, 5) is 7.70. The van der Waals surface area contributed by atoms with Crippen molar-refractivity contribution >= 4 is 16.0 Å². The highest BCUT2D eigenvalue weighted by atomic mass is 32.2. The lowest BCUT2D eigenvalue weighted by Crippen LogP contribution is -2.19. The van der Waals surface area contributed by atoms with Gasteiger partial charge in [0.1, 0.15) is 5.75 Å². The molecule has 0 fully saturated rings. The summed E-state index contributed by atoms with van der Waals surface area (Å²) < 4.78 is 75.9. The Morgan fingerprint density at radius 2 is 1.78 bits per heavy atom. The molecular weight excluding hydrogens is 495 g/mol. The highest BCUT2D eigenvalue weighted by molar-refractivity contribution is 7.92. The second-order valence-electron chi connectivity index (χ2n) is 8.21. The van der Waals surface area contributed by atoms with Gasteiger partial charge >= 0.3 is 6.18 Å². The Balaban J connectivity index is 1.56. The van der Waals surface area contributed by atoms with Gasteiger partial charge in [0.05, 0.1) is 22.8 Å². The van der Waals surface area contributed by atoms with E-state index in [1.807, 2.05) is 0 Å². The van der Waals surface area contributed by atoms with E-state index in [-0.39, 0.29) is 23.4 Å². The van der Waals surface area contributed by atoms with Gasteiger partial charge in [-0.3, -0.25) is 4.68 Å². The third-order valence-corrected chi connectivity index (χ3v) is 7.31. The first kappa shape index (κ1) is 23.8. The first-order chi connectivity index (χ1) is 17.1. The Bertz CT molecular complexity index is 1520. The minimum Gasteiger partial charge on any atom is -0.493 e. The molecule has 1 unspecified atom stereocenters. The molecule has 4 aromatic rings. The number of sulfonamides is 1. The molecule has 0 amide bonds. The molecule has 1 N–H and O–H groups in total. The number of hydrogen-bond donors (Lipinski definition) is 1. The number of benzene rings is 2. The van der Waals surface area contributed by atoms with Crippen LogP contribution in [-0.4, -0.2) is 34.8 Å². The predicted octanol–water partition coefficient (Wildman–Crippen LogP) is 4.61. The summed E-state index contributed by atoms with van der Waals surface area (Å²) >= 11 is 0. The van der Waals surface area contributed by atoms with Crippen molar-refractivity contribution in [2.45, 2.75) is 23.4 Å². The number of alkyl halides is 3. The van der Waals surface area contributed by atoms with Gasteiger partial charge in [0, 0.05) is 48.7 Å². The molecule has 0 saturated heterocycles. The summed E-state index contributed by atoms with van der Waals surface area (Å²) in [6.45, 7) is 0.266. The molecule has 0 bridgehead atoms. The summed E-state index contributed by atoms with van der Waals surface area (Å²) in [7, 11) is -2.33. The summed E-state index contributed by atoms with van der Waals surface area (Å²) in [5.41, 5.74) is 1.53. The van der Waals surface area contributed by atoms with Gasteiger partial charge in [-0.15, -0.1) is 0 Å². The maximum Gasteiger partial charge on any atom is 0.416 e. The molecule has 5 rings (SSSR count). The van der Waals surface area contributed by atoms with Crippen LogP contribution in [0.1, 0.15) is 29.0 Å². The third-order valence-electron chi connectivity index (χ3n) is 5.98. The zero-order valence-corrected chi connectivity index (χ0v) is 19.7. The van der Waals surface area contributed by atoms with Crippen LogP contribution in [0.3, 0.4) is 0 Å². The number of ether oxygens (including phenoxy) is 1. The standard InChI is InChI=1S/C24H20F3N5O3S/c1-32-21(7-11-30-32)20-13-15(24(25,26)27)3-5-17(20)18-8-12-35-22-14-16(4-6-19(18)22)36(33,34)31-23-28-9-2-10-29-23/h2-7,9-11,13-14,18H,8,12H2,1H3,(H,28,29,31). The van der Waals surface area contributed by atoms with Gasteiger partial charge in [-0.1, -0.05) is 12.1 Å². The molecule has 1 atom stereocenters. The fraction of sp³-hybridized carbons (Fsp3) is 0.208. The van der Waals surface area contributed by atoms with E-state index >= 15 is 0 Å². The zero-order chi connectivity index (χ0) is 25.5. The topological polar surface area (TPSA) is 99.0 Å². The van der Waals surface area contributed by atoms with E-state index in [1.165, 1.54) is 41.5 Å². The minimum absolute atomic E-state index is 0.0476. The summed E-state index contributed by atoms with van der Waals surface area (Å²) in [5.74, 6) is -0.0401. The minimum atomic E-state index is -4.50. The quantitative estimate of drug-likeness (QED) is 0.417. The molecular formula is C24H20F3N5O3S. The Hall–Kier alpha value is -3.93. The van der Waals surface area contributed by atoms with E-state index in [0.717, 1.165) is 12.1 Å². The zero-order valence-electron chi connectivity index (χ0n) is 18.9. The van der Waals surface area contributed by atoms with Gasteiger partial charge in [0.25, 0.3) is 10.0 Å². The molecule has 0 saturated carbocycles. The maximum atomic E-state index is 13.5. The van der Waals surface area contributed by atoms with E-state index in [4.69, 9.17) is 4.74 Å². The fourth-order valence-electron chi connectivity index (χ4n) is 4.29. The lowest BCUT2D eigenvalue weighted by Gasteiger charge is -2.28. The summed E-state index contributed by atoms with van der Waals surface area (Å²) in [6.07, 6.45) is 0.353. The predicted molar refractivity (Wildman–Crippen MR) is 125 cm³/mol. The van der Waals surface area contributed by atoms with E-state index in [9.17, 15) is 21.6 Å². The maximum absolute atomic E-state index is 13.5. The van der Waals surface area contributed by atoms with Crippen LogP contribution in [0.2, 0.25) is 0 Å². The summed E-state index contributed by atoms with van der Waals surface area (Å²) in [6, 6.07) is 11.4. The molecule has 0 radical (unpaired) electrons. The molecule has 2 aromatic heterocycles. The average Bonchev–Trinajstić information content (AvgIpc) is 3.28. The number of fused-ring (bicyclic) bond motifs is 1. The van der Waals surface area contributed by atoms with Crippen molar-refractivity contribution in [1.29, 1.82) is 0 Å². The Morgan fingerprint density at radius 1 is 1.03 bits per heavy atom. The second-order valence-corrected chi connectivity index (χ2v) is 9.89. The molecule has 8 nitrogen and oxygen atoms in total. The van der Waals surface area contributed by atoms with Gasteiger partial charge in [0.15, 0.2) is 0 Å². The Labute approximate surface area is 204 Å². The van der Waals surface area contributed by atoms with Gasteiger partial charge in [0.2, 0.25) is 5.95 Å². The Morgan fingerprint density at radius 3 is 2.47 bits per heavy atom. The van der Waals surface area contributed by atoms with Crippen LogP contribution in [0.15, 0.2) is 72.0 Å². The van der Waals surface area contributed by atoms with E-state index in [1.54, 1.807) is 25.2 Å². The summed E-state index contributed by atoms with van der Waals surface area (Å²) in [5, 5.41) is 4.12. The molecule has 12 heteroatoms. The number of aryl methyl sites for hydroxylation is 1. The van der Waals surface area contributed by atoms with Gasteiger partial charge in [-0.05, 0) is 42.3 Å². The van der Waals surface area contributed by atoms with Crippen LogP contribution in [0.5, 0.6) is 5.75 Å². The smallest absolute Gasteiger partial charge is 0.416 e. The van der Waals surface area contributed by atoms with Crippen molar-refractivity contribution in [3.05, 3.63) is 83.8 Å². The molecule has 36 heavy (non-hydrogen) atoms. The molecule has 1 aliphatic heterocycles. The monoisotopic (exact) mass is 515 g/mol. The van der Waals surface area contributed by atoms with Crippen molar-refractivity contribution in [2.75, 3.05) is 11.3 Å². The van der Waals surface area contributed by atoms with Crippen LogP contribution in [0, 0.1) is 0 Å². The van der Waals surface area contributed by atoms with Crippen molar-refractivity contribution < 1.29 is 26.3 Å². The number of rotatable bonds is 5. The van der Waals surface area contributed by atoms with Crippen molar-refractivity contribution in [3.8, 4) is 17.0 Å². The number of nitrogens with zero attached hydrogens (tertiary/aromatic N) is 4. The van der Waals surface area contributed by atoms with Crippen molar-refractivity contribution in [3.63, 3.8) is 0 Å². The lowest BCUT2D eigenvalue weighted by molar-refractivity contribution is -0.137. The number of hydrogen-bond acceptors (Lipinski definition) is 6. The fourth-order valence-corrected chi connectivity index (χ4v) is 5.26. The van der Waals surface area contributed by atoms with Gasteiger partial charge in [-0.25, -0.2) is 23.1 Å². The lowest BCUT2D eigenvalue weighted by atomic mass is 9.83. The number of anilines is 1. The number of aromatic nitrogens is 4. The third kappa shape index (κ3) is 4.51. The van der Waals surface area contributed by atoms with Crippen LogP contribution >= 0.6 is 0 Å². The molecule has 1 aliphatic rings. The SMILES string of the molecule is Cn1nccc1-c1cc(C(F)(F)F)ccc1C1CCOc2cc(S(=O)(=O)Nc3ncccn3)ccc21. The average molecular weight is 516 g/mol. The number of halogens is 3. The number of nitrogens with one attached hydrogen (secondary N) is 1. The van der Waals surface area contributed by atoms with Crippen LogP contribution in [0.4, 0.5) is 19.1 Å². The van der Waals surface area contributed by atoms with Gasteiger partial charge in [-0.2, -0.15) is 18.3 Å². The van der Waals surface area contributed by atoms with E-state index in [2.05, 4.69) is 19.8 Å². The van der Waals surface area contributed by atoms with Crippen LogP contribution < -0.4 is 9.46 Å². The normalized spacial score (nSPS) is 15.7. The van der Waals surface area contributed by atoms with Crippen molar-refractivity contribution in [2.24, 2.45) is 7.05 Å². The molecule has 0 aliphatic carbocycles. The van der Waals surface area contributed by atoms with Crippen LogP contribution in [0.25, 0.3) is 11.3 Å². The van der Waals surface area contributed by atoms with Crippen LogP contribution in [-0.2, 0) is 23.2 Å². The largest absolute Gasteiger partial charge is 0.493 e. The Kier molecular flexibility index (Phi) is 5.91. The molecule has 2 aromatic carbocycles. The molecule has 3 heterocycles. The highest BCUT2D eigenvalue weighted by Crippen LogP contribution is 2.44. The highest BCUT2D eigenvalue weighted by Gasteiger charge is 2.33. The van der Waals surface area contributed by atoms with E-state index < -0.39 is 21.8 Å². The first-order valence-corrected chi connectivity index (χ1v) is 12.4. The molecule has 0 spiro atoms. The molecule has 186 valence electrons. The van der Waals surface area contributed by atoms with Crippen molar-refractivity contribution in [1.82, 2.24) is 19.7 Å². The first-order valence-electron chi connectivity index (χ1n) is 10.9. The van der Waals surface area contributed by atoms with E-state index in [0.29, 0.717) is 34.6 Å².